The topological polar surface area (TPSA) is 80.6 Å². The fourth-order valence-electron chi connectivity index (χ4n) is 4.81. The second-order valence-electron chi connectivity index (χ2n) is 8.61. The minimum absolute atomic E-state index is 0.0204. The van der Waals surface area contributed by atoms with Crippen LogP contribution >= 0.6 is 0 Å². The summed E-state index contributed by atoms with van der Waals surface area (Å²) >= 11 is 0. The minimum Gasteiger partial charge on any atom is -0.444 e. The van der Waals surface area contributed by atoms with Gasteiger partial charge in [0, 0.05) is 19.1 Å². The predicted octanol–water partition coefficient (Wildman–Crippen LogP) is 2.36. The molecular weight excluding hydrogens is 320 g/mol. The summed E-state index contributed by atoms with van der Waals surface area (Å²) in [5.41, 5.74) is 6.38. The molecule has 3 saturated heterocycles. The standard InChI is InChI=1S/C19H30N2O4/c1-12(2)4-5-15-18(3,24-15)16-19(25-16)8-6-13(7-9-19)21-10-14(11-21)23-17(20)22/h4,13-16H,5-11H2,1-3H3,(H2,20,22)/t13?,15-,16?,18-,19?/m1/s1. The van der Waals surface area contributed by atoms with Gasteiger partial charge < -0.3 is 19.9 Å². The van der Waals surface area contributed by atoms with E-state index in [-0.39, 0.29) is 23.4 Å². The zero-order valence-corrected chi connectivity index (χ0v) is 15.5. The molecule has 1 spiro atoms. The van der Waals surface area contributed by atoms with Crippen LogP contribution in [0.5, 0.6) is 0 Å². The predicted molar refractivity (Wildman–Crippen MR) is 93.2 cm³/mol. The molecule has 4 rings (SSSR count). The van der Waals surface area contributed by atoms with Gasteiger partial charge >= 0.3 is 6.09 Å². The first-order chi connectivity index (χ1) is 11.8. The van der Waals surface area contributed by atoms with Gasteiger partial charge in [0.05, 0.1) is 11.7 Å². The first-order valence-corrected chi connectivity index (χ1v) is 9.51. The molecule has 4 aliphatic rings. The van der Waals surface area contributed by atoms with Gasteiger partial charge in [-0.05, 0) is 52.9 Å². The molecule has 0 bridgehead atoms. The fourth-order valence-corrected chi connectivity index (χ4v) is 4.81. The maximum absolute atomic E-state index is 10.8. The van der Waals surface area contributed by atoms with Gasteiger partial charge in [-0.15, -0.1) is 0 Å². The number of hydrogen-bond acceptors (Lipinski definition) is 5. The van der Waals surface area contributed by atoms with Crippen LogP contribution in [-0.2, 0) is 14.2 Å². The lowest BCUT2D eigenvalue weighted by Crippen LogP contribution is -2.58. The Morgan fingerprint density at radius 2 is 1.96 bits per heavy atom. The van der Waals surface area contributed by atoms with Crippen LogP contribution in [0.2, 0.25) is 0 Å². The van der Waals surface area contributed by atoms with Crippen LogP contribution < -0.4 is 5.73 Å². The second-order valence-corrected chi connectivity index (χ2v) is 8.61. The molecule has 140 valence electrons. The number of amides is 1. The van der Waals surface area contributed by atoms with E-state index >= 15 is 0 Å². The summed E-state index contributed by atoms with van der Waals surface area (Å²) in [6.45, 7) is 8.10. The number of hydrogen-bond donors (Lipinski definition) is 1. The van der Waals surface area contributed by atoms with Crippen molar-refractivity contribution in [2.24, 2.45) is 5.73 Å². The van der Waals surface area contributed by atoms with E-state index in [1.807, 2.05) is 0 Å². The van der Waals surface area contributed by atoms with E-state index < -0.39 is 6.09 Å². The average molecular weight is 350 g/mol. The third-order valence-corrected chi connectivity index (χ3v) is 6.49. The normalized spacial score (nSPS) is 43.4. The smallest absolute Gasteiger partial charge is 0.404 e. The third kappa shape index (κ3) is 3.20. The van der Waals surface area contributed by atoms with Gasteiger partial charge in [-0.2, -0.15) is 0 Å². The molecule has 2 N–H and O–H groups in total. The summed E-state index contributed by atoms with van der Waals surface area (Å²) in [4.78, 5) is 13.2. The van der Waals surface area contributed by atoms with Gasteiger partial charge in [-0.3, -0.25) is 4.90 Å². The number of rotatable bonds is 5. The largest absolute Gasteiger partial charge is 0.444 e. The molecule has 0 radical (unpaired) electrons. The lowest BCUT2D eigenvalue weighted by Gasteiger charge is -2.45. The molecule has 1 saturated carbocycles. The summed E-state index contributed by atoms with van der Waals surface area (Å²) < 4.78 is 17.3. The van der Waals surface area contributed by atoms with Gasteiger partial charge in [0.2, 0.25) is 0 Å². The zero-order chi connectivity index (χ0) is 17.8. The van der Waals surface area contributed by atoms with Crippen molar-refractivity contribution < 1.29 is 19.0 Å². The molecule has 6 nitrogen and oxygen atoms in total. The maximum Gasteiger partial charge on any atom is 0.404 e. The fraction of sp³-hybridized carbons (Fsp3) is 0.842. The van der Waals surface area contributed by atoms with Crippen molar-refractivity contribution in [2.45, 2.75) is 88.4 Å². The van der Waals surface area contributed by atoms with Crippen molar-refractivity contribution in [1.82, 2.24) is 4.90 Å². The Hall–Kier alpha value is -1.11. The average Bonchev–Trinajstić information content (AvgIpc) is 3.39. The Kier molecular flexibility index (Phi) is 4.13. The second kappa shape index (κ2) is 5.96. The molecule has 1 aliphatic carbocycles. The van der Waals surface area contributed by atoms with Crippen LogP contribution in [0, 0.1) is 0 Å². The molecule has 6 heteroatoms. The first-order valence-electron chi connectivity index (χ1n) is 9.51. The number of primary amides is 1. The number of nitrogens with two attached hydrogens (primary N) is 1. The summed E-state index contributed by atoms with van der Waals surface area (Å²) in [7, 11) is 0. The summed E-state index contributed by atoms with van der Waals surface area (Å²) in [5, 5.41) is 0. The van der Waals surface area contributed by atoms with Crippen molar-refractivity contribution in [3.8, 4) is 0 Å². The monoisotopic (exact) mass is 350 g/mol. The first kappa shape index (κ1) is 17.3. The molecule has 0 aromatic rings. The lowest BCUT2D eigenvalue weighted by molar-refractivity contribution is -0.0439. The Bertz CT molecular complexity index is 574. The maximum atomic E-state index is 10.8. The Labute approximate surface area is 149 Å². The van der Waals surface area contributed by atoms with Crippen LogP contribution in [0.1, 0.15) is 52.9 Å². The number of allylic oxidation sites excluding steroid dienone is 1. The molecule has 0 aromatic carbocycles. The molecule has 1 unspecified atom stereocenters. The molecule has 0 aromatic heterocycles. The highest BCUT2D eigenvalue weighted by Gasteiger charge is 2.73. The van der Waals surface area contributed by atoms with Crippen LogP contribution in [0.15, 0.2) is 11.6 Å². The molecule has 3 aliphatic heterocycles. The molecule has 3 heterocycles. The Morgan fingerprint density at radius 3 is 2.56 bits per heavy atom. The highest BCUT2D eigenvalue weighted by Crippen LogP contribution is 2.60. The number of ether oxygens (including phenoxy) is 3. The number of likely N-dealkylation sites (tertiary alicyclic amines) is 1. The van der Waals surface area contributed by atoms with E-state index in [9.17, 15) is 4.79 Å². The van der Waals surface area contributed by atoms with Crippen LogP contribution in [0.3, 0.4) is 0 Å². The van der Waals surface area contributed by atoms with Crippen molar-refractivity contribution in [2.75, 3.05) is 13.1 Å². The van der Waals surface area contributed by atoms with E-state index in [0.717, 1.165) is 45.2 Å². The van der Waals surface area contributed by atoms with Gasteiger partial charge in [-0.1, -0.05) is 11.6 Å². The van der Waals surface area contributed by atoms with Gasteiger partial charge in [0.25, 0.3) is 0 Å². The molecular formula is C19H30N2O4. The van der Waals surface area contributed by atoms with Crippen LogP contribution in [0.4, 0.5) is 4.79 Å². The zero-order valence-electron chi connectivity index (χ0n) is 15.5. The lowest BCUT2D eigenvalue weighted by atomic mass is 9.78. The van der Waals surface area contributed by atoms with Gasteiger partial charge in [-0.25, -0.2) is 4.79 Å². The Morgan fingerprint density at radius 1 is 1.28 bits per heavy atom. The minimum atomic E-state index is -0.665. The molecule has 4 fully saturated rings. The van der Waals surface area contributed by atoms with Crippen molar-refractivity contribution >= 4 is 6.09 Å². The molecule has 25 heavy (non-hydrogen) atoms. The van der Waals surface area contributed by atoms with Crippen LogP contribution in [0.25, 0.3) is 0 Å². The van der Waals surface area contributed by atoms with Crippen molar-refractivity contribution in [1.29, 1.82) is 0 Å². The SMILES string of the molecule is CC(C)=CC[C@H]1O[C@@]1(C)C1OC12CCC(N1CC(OC(N)=O)C1)CC2. The summed E-state index contributed by atoms with van der Waals surface area (Å²) in [6, 6.07) is 0.581. The van der Waals surface area contributed by atoms with Crippen molar-refractivity contribution in [3.63, 3.8) is 0 Å². The van der Waals surface area contributed by atoms with Gasteiger partial charge in [0.15, 0.2) is 0 Å². The van der Waals surface area contributed by atoms with E-state index in [1.165, 1.54) is 5.57 Å². The van der Waals surface area contributed by atoms with Crippen molar-refractivity contribution in [3.05, 3.63) is 11.6 Å². The van der Waals surface area contributed by atoms with E-state index in [2.05, 4.69) is 31.7 Å². The summed E-state index contributed by atoms with van der Waals surface area (Å²) in [6.07, 6.45) is 7.65. The number of nitrogens with zero attached hydrogens (tertiary/aromatic N) is 1. The quantitative estimate of drug-likeness (QED) is 0.608. The van der Waals surface area contributed by atoms with E-state index in [4.69, 9.17) is 19.9 Å². The van der Waals surface area contributed by atoms with Crippen LogP contribution in [-0.4, -0.2) is 59.6 Å². The number of epoxide rings is 2. The third-order valence-electron chi connectivity index (χ3n) is 6.49. The van der Waals surface area contributed by atoms with Gasteiger partial charge in [0.1, 0.15) is 17.8 Å². The molecule has 1 amide bonds. The molecule has 3 atom stereocenters. The highest BCUT2D eigenvalue weighted by molar-refractivity contribution is 5.64. The highest BCUT2D eigenvalue weighted by atomic mass is 16.7. The number of carbonyl (C=O) groups excluding carboxylic acids is 1. The van der Waals surface area contributed by atoms with E-state index in [1.54, 1.807) is 0 Å². The summed E-state index contributed by atoms with van der Waals surface area (Å²) in [5.74, 6) is 0. The van der Waals surface area contributed by atoms with E-state index in [0.29, 0.717) is 12.1 Å². The number of carbonyl (C=O) groups is 1. The Balaban J connectivity index is 1.23.